The Hall–Kier alpha value is -3.26. The van der Waals surface area contributed by atoms with Gasteiger partial charge in [-0.1, -0.05) is 6.07 Å². The Morgan fingerprint density at radius 2 is 2.04 bits per heavy atom. The smallest absolute Gasteiger partial charge is 0.274 e. The van der Waals surface area contributed by atoms with Crippen molar-refractivity contribution in [3.05, 3.63) is 54.0 Å². The highest BCUT2D eigenvalue weighted by Gasteiger charge is 2.19. The maximum absolute atomic E-state index is 12.6. The summed E-state index contributed by atoms with van der Waals surface area (Å²) in [6, 6.07) is 9.08. The molecule has 8 heteroatoms. The highest BCUT2D eigenvalue weighted by Crippen LogP contribution is 2.24. The van der Waals surface area contributed by atoms with E-state index in [4.69, 9.17) is 10.5 Å². The first kappa shape index (κ1) is 18.5. The second-order valence-corrected chi connectivity index (χ2v) is 5.96. The molecule has 0 fully saturated rings. The van der Waals surface area contributed by atoms with Crippen molar-refractivity contribution in [3.63, 3.8) is 0 Å². The van der Waals surface area contributed by atoms with Crippen molar-refractivity contribution in [2.75, 3.05) is 20.7 Å². The van der Waals surface area contributed by atoms with Crippen molar-refractivity contribution in [1.82, 2.24) is 24.6 Å². The lowest BCUT2D eigenvalue weighted by Crippen LogP contribution is -2.26. The summed E-state index contributed by atoms with van der Waals surface area (Å²) in [7, 11) is 3.30. The second-order valence-electron chi connectivity index (χ2n) is 5.96. The maximum atomic E-state index is 12.6. The van der Waals surface area contributed by atoms with Gasteiger partial charge in [-0.25, -0.2) is 9.67 Å². The molecule has 0 spiro atoms. The lowest BCUT2D eigenvalue weighted by Gasteiger charge is -2.11. The van der Waals surface area contributed by atoms with Crippen LogP contribution in [0, 0.1) is 0 Å². The van der Waals surface area contributed by atoms with Gasteiger partial charge in [-0.3, -0.25) is 9.78 Å². The average molecular weight is 366 g/mol. The Bertz CT molecular complexity index is 853. The van der Waals surface area contributed by atoms with Crippen molar-refractivity contribution in [1.29, 1.82) is 0 Å². The van der Waals surface area contributed by atoms with Crippen LogP contribution in [0.5, 0.6) is 5.88 Å². The van der Waals surface area contributed by atoms with Crippen LogP contribution in [0.2, 0.25) is 0 Å². The van der Waals surface area contributed by atoms with Crippen LogP contribution in [0.1, 0.15) is 23.0 Å². The fourth-order valence-corrected chi connectivity index (χ4v) is 2.52. The van der Waals surface area contributed by atoms with Gasteiger partial charge in [0.2, 0.25) is 5.88 Å². The predicted molar refractivity (Wildman–Crippen MR) is 102 cm³/mol. The molecule has 0 aliphatic rings. The summed E-state index contributed by atoms with van der Waals surface area (Å²) in [6.07, 6.45) is 3.36. The number of hydrogen-bond donors (Lipinski definition) is 1. The monoisotopic (exact) mass is 366 g/mol. The topological polar surface area (TPSA) is 99.2 Å². The minimum atomic E-state index is -0.155. The summed E-state index contributed by atoms with van der Waals surface area (Å²) in [5.74, 6) is 0.345. The number of amides is 1. The number of methoxy groups -OCH3 is 1. The zero-order chi connectivity index (χ0) is 19.4. The Morgan fingerprint density at radius 3 is 2.59 bits per heavy atom. The van der Waals surface area contributed by atoms with Crippen molar-refractivity contribution < 1.29 is 9.53 Å². The number of carbonyl (C=O) groups excluding carboxylic acids is 1. The van der Waals surface area contributed by atoms with Gasteiger partial charge in [0.15, 0.2) is 5.69 Å². The van der Waals surface area contributed by atoms with Gasteiger partial charge in [-0.2, -0.15) is 5.10 Å². The molecule has 3 rings (SSSR count). The van der Waals surface area contributed by atoms with Gasteiger partial charge >= 0.3 is 0 Å². The summed E-state index contributed by atoms with van der Waals surface area (Å²) in [5, 5.41) is 4.50. The fraction of sp³-hybridized carbons (Fsp3) is 0.263. The second kappa shape index (κ2) is 7.96. The van der Waals surface area contributed by atoms with Gasteiger partial charge in [0.25, 0.3) is 5.91 Å². The van der Waals surface area contributed by atoms with E-state index < -0.39 is 0 Å². The molecule has 3 aromatic rings. The quantitative estimate of drug-likeness (QED) is 0.715. The third-order valence-corrected chi connectivity index (χ3v) is 4.25. The fourth-order valence-electron chi connectivity index (χ4n) is 2.52. The van der Waals surface area contributed by atoms with Crippen LogP contribution >= 0.6 is 0 Å². The number of rotatable bonds is 6. The minimum Gasteiger partial charge on any atom is -0.481 e. The summed E-state index contributed by atoms with van der Waals surface area (Å²) in [4.78, 5) is 22.9. The number of hydrogen-bond acceptors (Lipinski definition) is 6. The summed E-state index contributed by atoms with van der Waals surface area (Å²) >= 11 is 0. The number of carbonyl (C=O) groups is 1. The van der Waals surface area contributed by atoms with Crippen molar-refractivity contribution in [3.8, 4) is 23.0 Å². The number of nitrogens with two attached hydrogens (primary N) is 1. The van der Waals surface area contributed by atoms with Gasteiger partial charge in [-0.05, 0) is 30.7 Å². The van der Waals surface area contributed by atoms with Gasteiger partial charge in [0.1, 0.15) is 0 Å². The molecule has 2 N–H and O–H groups in total. The van der Waals surface area contributed by atoms with Gasteiger partial charge in [0, 0.05) is 32.4 Å². The molecule has 27 heavy (non-hydrogen) atoms. The molecule has 140 valence electrons. The molecule has 0 unspecified atom stereocenters. The molecule has 3 aromatic heterocycles. The summed E-state index contributed by atoms with van der Waals surface area (Å²) < 4.78 is 6.77. The van der Waals surface area contributed by atoms with E-state index in [0.29, 0.717) is 41.7 Å². The first-order chi connectivity index (χ1) is 13.1. The van der Waals surface area contributed by atoms with E-state index >= 15 is 0 Å². The van der Waals surface area contributed by atoms with Crippen molar-refractivity contribution in [2.45, 2.75) is 13.5 Å². The SMILES string of the molecule is CCN(C)C(=O)c1cc(-c2ccc(CN)cn2)n(-c2ccc(OC)nc2)n1. The third-order valence-electron chi connectivity index (χ3n) is 4.25. The lowest BCUT2D eigenvalue weighted by atomic mass is 10.2. The molecule has 0 radical (unpaired) electrons. The van der Waals surface area contributed by atoms with E-state index in [1.54, 1.807) is 48.3 Å². The highest BCUT2D eigenvalue weighted by molar-refractivity contribution is 5.93. The van der Waals surface area contributed by atoms with E-state index in [2.05, 4.69) is 15.1 Å². The molecule has 0 aliphatic heterocycles. The van der Waals surface area contributed by atoms with Crippen LogP contribution < -0.4 is 10.5 Å². The van der Waals surface area contributed by atoms with E-state index in [-0.39, 0.29) is 5.91 Å². The molecule has 0 saturated heterocycles. The molecule has 0 bridgehead atoms. The molecular weight excluding hydrogens is 344 g/mol. The molecule has 8 nitrogen and oxygen atoms in total. The highest BCUT2D eigenvalue weighted by atomic mass is 16.5. The van der Waals surface area contributed by atoms with Crippen LogP contribution in [0.3, 0.4) is 0 Å². The van der Waals surface area contributed by atoms with Gasteiger partial charge < -0.3 is 15.4 Å². The zero-order valence-corrected chi connectivity index (χ0v) is 15.6. The third kappa shape index (κ3) is 3.80. The Balaban J connectivity index is 2.10. The Labute approximate surface area is 157 Å². The standard InChI is InChI=1S/C19H22N6O2/c1-4-24(2)19(26)16-9-17(15-7-5-13(10-20)11-21-15)25(23-16)14-6-8-18(27-3)22-12-14/h5-9,11-12H,4,10,20H2,1-3H3. The van der Waals surface area contributed by atoms with Crippen LogP contribution in [-0.4, -0.2) is 51.3 Å². The first-order valence-electron chi connectivity index (χ1n) is 8.58. The van der Waals surface area contributed by atoms with Crippen molar-refractivity contribution in [2.24, 2.45) is 5.73 Å². The van der Waals surface area contributed by atoms with E-state index in [1.165, 1.54) is 0 Å². The number of pyridine rings is 2. The summed E-state index contributed by atoms with van der Waals surface area (Å²) in [6.45, 7) is 2.92. The largest absolute Gasteiger partial charge is 0.481 e. The number of nitrogens with zero attached hydrogens (tertiary/aromatic N) is 5. The van der Waals surface area contributed by atoms with Crippen LogP contribution in [0.25, 0.3) is 17.1 Å². The number of ether oxygens (including phenoxy) is 1. The maximum Gasteiger partial charge on any atom is 0.274 e. The molecular formula is C19H22N6O2. The molecule has 1 amide bonds. The first-order valence-corrected chi connectivity index (χ1v) is 8.58. The van der Waals surface area contributed by atoms with Gasteiger partial charge in [-0.15, -0.1) is 0 Å². The van der Waals surface area contributed by atoms with Crippen LogP contribution in [0.4, 0.5) is 0 Å². The molecule has 0 atom stereocenters. The minimum absolute atomic E-state index is 0.155. The van der Waals surface area contributed by atoms with Gasteiger partial charge in [0.05, 0.1) is 30.4 Å². The van der Waals surface area contributed by atoms with E-state index in [1.807, 2.05) is 25.1 Å². The van der Waals surface area contributed by atoms with Crippen molar-refractivity contribution >= 4 is 5.91 Å². The Kier molecular flexibility index (Phi) is 5.46. The Morgan fingerprint density at radius 1 is 1.22 bits per heavy atom. The van der Waals surface area contributed by atoms with Crippen LogP contribution in [-0.2, 0) is 6.54 Å². The van der Waals surface area contributed by atoms with Crippen LogP contribution in [0.15, 0.2) is 42.7 Å². The molecule has 0 saturated carbocycles. The molecule has 0 aromatic carbocycles. The van der Waals surface area contributed by atoms with E-state index in [0.717, 1.165) is 5.56 Å². The summed E-state index contributed by atoms with van der Waals surface area (Å²) in [5.41, 5.74) is 9.01. The molecule has 0 aliphatic carbocycles. The van der Waals surface area contributed by atoms with E-state index in [9.17, 15) is 4.79 Å². The predicted octanol–water partition coefficient (Wildman–Crippen LogP) is 1.89. The normalized spacial score (nSPS) is 10.7. The number of aromatic nitrogens is 4. The lowest BCUT2D eigenvalue weighted by molar-refractivity contribution is 0.0796. The average Bonchev–Trinajstić information content (AvgIpc) is 3.18. The molecule has 3 heterocycles. The zero-order valence-electron chi connectivity index (χ0n) is 15.6.